The molecule has 24 heavy (non-hydrogen) atoms. The van der Waals surface area contributed by atoms with Gasteiger partial charge < -0.3 is 4.42 Å². The zero-order valence-corrected chi connectivity index (χ0v) is 13.3. The van der Waals surface area contributed by atoms with Crippen molar-refractivity contribution >= 4 is 45.6 Å². The molecule has 1 heterocycles. The Balaban J connectivity index is 1.73. The van der Waals surface area contributed by atoms with Crippen molar-refractivity contribution in [2.45, 2.75) is 0 Å². The summed E-state index contributed by atoms with van der Waals surface area (Å²) in [5.74, 6) is 0.618. The lowest BCUT2D eigenvalue weighted by Crippen LogP contribution is -1.86. The van der Waals surface area contributed by atoms with Crippen LogP contribution in [0.4, 0.5) is 0 Å². The van der Waals surface area contributed by atoms with Crippen LogP contribution in [0.5, 0.6) is 0 Å². The monoisotopic (exact) mass is 328 g/mol. The van der Waals surface area contributed by atoms with Gasteiger partial charge in [0.15, 0.2) is 5.58 Å². The molecule has 0 bridgehead atoms. The second kappa shape index (κ2) is 5.04. The Morgan fingerprint density at radius 2 is 1.92 bits per heavy atom. The number of nitrogens with zero attached hydrogens (tertiary/aromatic N) is 1. The van der Waals surface area contributed by atoms with Crippen molar-refractivity contribution in [3.05, 3.63) is 76.8 Å². The lowest BCUT2D eigenvalue weighted by molar-refractivity contribution is 0.623. The Morgan fingerprint density at radius 1 is 0.958 bits per heavy atom. The molecule has 0 fully saturated rings. The van der Waals surface area contributed by atoms with E-state index in [1.807, 2.05) is 54.6 Å². The van der Waals surface area contributed by atoms with Gasteiger partial charge in [-0.05, 0) is 24.3 Å². The van der Waals surface area contributed by atoms with Gasteiger partial charge in [0, 0.05) is 33.5 Å². The minimum absolute atomic E-state index is 0.618. The molecule has 0 N–H and O–H groups in total. The third-order valence-electron chi connectivity index (χ3n) is 4.29. The maximum atomic E-state index is 6.28. The fraction of sp³-hybridized carbons (Fsp3) is 0. The van der Waals surface area contributed by atoms with E-state index in [1.165, 1.54) is 0 Å². The number of rotatable bonds is 1. The summed E-state index contributed by atoms with van der Waals surface area (Å²) in [6, 6.07) is 15.9. The molecule has 1 aliphatic rings. The first-order valence-electron chi connectivity index (χ1n) is 7.68. The highest BCUT2D eigenvalue weighted by Gasteiger charge is 2.15. The lowest BCUT2D eigenvalue weighted by atomic mass is 10.0. The van der Waals surface area contributed by atoms with Gasteiger partial charge in [0.25, 0.3) is 0 Å². The molecule has 0 aliphatic heterocycles. The van der Waals surface area contributed by atoms with Crippen LogP contribution in [0.1, 0.15) is 11.1 Å². The standard InChI is InChI=1S/C21H11ClNO/c22-18-7-3-6-17-16(18)10-11-19-20(17)24-21(23-19)15-9-8-13-4-1-2-5-14(13)12-15/h2-12H/q+1. The Kier molecular flexibility index (Phi) is 2.83. The van der Waals surface area contributed by atoms with E-state index in [9.17, 15) is 0 Å². The second-order valence-corrected chi connectivity index (χ2v) is 6.16. The van der Waals surface area contributed by atoms with Crippen LogP contribution in [0.2, 0.25) is 5.02 Å². The van der Waals surface area contributed by atoms with Gasteiger partial charge in [-0.1, -0.05) is 29.8 Å². The second-order valence-electron chi connectivity index (χ2n) is 5.76. The van der Waals surface area contributed by atoms with Crippen molar-refractivity contribution < 1.29 is 4.42 Å². The molecular formula is C21H11ClNO+. The smallest absolute Gasteiger partial charge is 0.227 e. The average Bonchev–Trinajstić information content (AvgIpc) is 3.06. The summed E-state index contributed by atoms with van der Waals surface area (Å²) in [6.45, 7) is 0. The molecule has 0 atom stereocenters. The van der Waals surface area contributed by atoms with Crippen LogP contribution in [0.25, 0.3) is 45.5 Å². The van der Waals surface area contributed by atoms with Gasteiger partial charge in [0.1, 0.15) is 17.7 Å². The Bertz CT molecular complexity index is 1170. The van der Waals surface area contributed by atoms with E-state index < -0.39 is 0 Å². The molecule has 1 aliphatic carbocycles. The molecule has 0 amide bonds. The van der Waals surface area contributed by atoms with Crippen molar-refractivity contribution in [3.8, 4) is 11.5 Å². The van der Waals surface area contributed by atoms with E-state index in [0.29, 0.717) is 10.9 Å². The first-order valence-corrected chi connectivity index (χ1v) is 8.05. The molecule has 0 spiro atoms. The highest BCUT2D eigenvalue weighted by molar-refractivity contribution is 6.36. The number of fused-ring (bicyclic) bond motifs is 4. The molecule has 3 aromatic carbocycles. The van der Waals surface area contributed by atoms with E-state index in [2.05, 4.69) is 23.2 Å². The number of oxazole rings is 1. The van der Waals surface area contributed by atoms with Crippen LogP contribution >= 0.6 is 11.6 Å². The molecule has 1 aromatic heterocycles. The molecule has 4 aromatic rings. The van der Waals surface area contributed by atoms with Gasteiger partial charge >= 0.3 is 0 Å². The number of hydrogen-bond donors (Lipinski definition) is 0. The summed E-state index contributed by atoms with van der Waals surface area (Å²) in [7, 11) is 0. The van der Waals surface area contributed by atoms with E-state index in [1.54, 1.807) is 0 Å². The highest BCUT2D eigenvalue weighted by atomic mass is 35.5. The number of aromatic nitrogens is 1. The van der Waals surface area contributed by atoms with E-state index >= 15 is 0 Å². The minimum atomic E-state index is 0.618. The van der Waals surface area contributed by atoms with Crippen LogP contribution in [0, 0.1) is 6.08 Å². The number of halogens is 1. The summed E-state index contributed by atoms with van der Waals surface area (Å²) in [5, 5.41) is 2.67. The van der Waals surface area contributed by atoms with Gasteiger partial charge in [0.05, 0.1) is 17.2 Å². The fourth-order valence-electron chi connectivity index (χ4n) is 3.09. The Labute approximate surface area is 143 Å². The van der Waals surface area contributed by atoms with Crippen molar-refractivity contribution in [2.75, 3.05) is 0 Å². The molecule has 2 nitrogen and oxygen atoms in total. The Hall–Kier alpha value is -2.93. The van der Waals surface area contributed by atoms with Crippen LogP contribution < -0.4 is 0 Å². The zero-order chi connectivity index (χ0) is 16.1. The van der Waals surface area contributed by atoms with Crippen LogP contribution in [-0.2, 0) is 0 Å². The predicted octanol–water partition coefficient (Wildman–Crippen LogP) is 6.14. The lowest BCUT2D eigenvalue weighted by Gasteiger charge is -2.00. The van der Waals surface area contributed by atoms with Gasteiger partial charge in [-0.2, -0.15) is 0 Å². The summed E-state index contributed by atoms with van der Waals surface area (Å²) < 4.78 is 6.09. The molecule has 0 radical (unpaired) electrons. The molecule has 112 valence electrons. The summed E-state index contributed by atoms with van der Waals surface area (Å²) in [6.07, 6.45) is 9.01. The SMILES string of the molecule is Clc1cccc2c1ccc1nc(-c3ccc4c(c3)C=C[C+]=C4)oc12. The zero-order valence-electron chi connectivity index (χ0n) is 12.6. The largest absolute Gasteiger partial charge is 0.435 e. The predicted molar refractivity (Wildman–Crippen MR) is 98.7 cm³/mol. The van der Waals surface area contributed by atoms with Crippen LogP contribution in [0.3, 0.4) is 0 Å². The van der Waals surface area contributed by atoms with Crippen molar-refractivity contribution in [1.82, 2.24) is 4.98 Å². The molecule has 0 saturated heterocycles. The van der Waals surface area contributed by atoms with Gasteiger partial charge in [-0.25, -0.2) is 4.98 Å². The van der Waals surface area contributed by atoms with Crippen molar-refractivity contribution in [2.24, 2.45) is 0 Å². The third kappa shape index (κ3) is 1.98. The third-order valence-corrected chi connectivity index (χ3v) is 4.62. The first kappa shape index (κ1) is 13.5. The van der Waals surface area contributed by atoms with E-state index in [0.717, 1.165) is 38.6 Å². The quantitative estimate of drug-likeness (QED) is 0.392. The summed E-state index contributed by atoms with van der Waals surface area (Å²) in [4.78, 5) is 4.65. The van der Waals surface area contributed by atoms with Gasteiger partial charge in [-0.15, -0.1) is 0 Å². The molecule has 3 heteroatoms. The highest BCUT2D eigenvalue weighted by Crippen LogP contribution is 2.33. The summed E-state index contributed by atoms with van der Waals surface area (Å²) >= 11 is 6.28. The molecule has 0 unspecified atom stereocenters. The number of allylic oxidation sites excluding steroid dienone is 2. The normalized spacial score (nSPS) is 12.5. The van der Waals surface area contributed by atoms with Crippen LogP contribution in [-0.4, -0.2) is 4.98 Å². The number of benzene rings is 3. The fourth-order valence-corrected chi connectivity index (χ4v) is 3.32. The topological polar surface area (TPSA) is 26.0 Å². The van der Waals surface area contributed by atoms with Crippen molar-refractivity contribution in [1.29, 1.82) is 0 Å². The van der Waals surface area contributed by atoms with E-state index in [-0.39, 0.29) is 0 Å². The maximum Gasteiger partial charge on any atom is 0.227 e. The minimum Gasteiger partial charge on any atom is -0.435 e. The molecular weight excluding hydrogens is 318 g/mol. The van der Waals surface area contributed by atoms with Crippen molar-refractivity contribution in [3.63, 3.8) is 0 Å². The summed E-state index contributed by atoms with van der Waals surface area (Å²) in [5.41, 5.74) is 4.85. The Morgan fingerprint density at radius 3 is 2.88 bits per heavy atom. The molecule has 5 rings (SSSR count). The first-order chi connectivity index (χ1) is 11.8. The van der Waals surface area contributed by atoms with Gasteiger partial charge in [0.2, 0.25) is 5.89 Å². The number of hydrogen-bond acceptors (Lipinski definition) is 2. The molecule has 0 saturated carbocycles. The van der Waals surface area contributed by atoms with E-state index in [4.69, 9.17) is 16.0 Å². The van der Waals surface area contributed by atoms with Crippen LogP contribution in [0.15, 0.2) is 59.0 Å². The average molecular weight is 329 g/mol. The maximum absolute atomic E-state index is 6.28. The van der Waals surface area contributed by atoms with Gasteiger partial charge in [-0.3, -0.25) is 0 Å².